The molecule has 0 unspecified atom stereocenters. The largest absolute Gasteiger partial charge is 0.481 e. The number of nitrogens with zero attached hydrogens (tertiary/aromatic N) is 1. The van der Waals surface area contributed by atoms with E-state index in [4.69, 9.17) is 9.52 Å². The minimum Gasteiger partial charge on any atom is -0.481 e. The normalized spacial score (nSPS) is 10.4. The fraction of sp³-hybridized carbons (Fsp3) is 0.308. The van der Waals surface area contributed by atoms with E-state index < -0.39 is 12.0 Å². The number of nitrogens with one attached hydrogen (secondary N) is 2. The first kappa shape index (κ1) is 13.9. The molecule has 0 aliphatic heterocycles. The molecule has 7 heteroatoms. The number of carboxylic acids is 1. The summed E-state index contributed by atoms with van der Waals surface area (Å²) in [7, 11) is 0. The van der Waals surface area contributed by atoms with E-state index in [1.54, 1.807) is 18.2 Å². The monoisotopic (exact) mass is 277 g/mol. The van der Waals surface area contributed by atoms with E-state index in [-0.39, 0.29) is 13.0 Å². The first-order valence-electron chi connectivity index (χ1n) is 6.24. The van der Waals surface area contributed by atoms with Gasteiger partial charge in [0.1, 0.15) is 5.52 Å². The Bertz CT molecular complexity index is 636. The zero-order valence-corrected chi connectivity index (χ0v) is 11.0. The van der Waals surface area contributed by atoms with Crippen LogP contribution < -0.4 is 10.6 Å². The van der Waals surface area contributed by atoms with Crippen molar-refractivity contribution in [2.75, 3.05) is 11.9 Å². The summed E-state index contributed by atoms with van der Waals surface area (Å²) in [5.41, 5.74) is 1.91. The molecule has 0 saturated heterocycles. The summed E-state index contributed by atoms with van der Waals surface area (Å²) in [6, 6.07) is 4.68. The molecule has 0 spiro atoms. The van der Waals surface area contributed by atoms with Crippen LogP contribution >= 0.6 is 0 Å². The molecule has 2 aromatic rings. The van der Waals surface area contributed by atoms with Crippen molar-refractivity contribution < 1.29 is 19.1 Å². The van der Waals surface area contributed by atoms with Gasteiger partial charge >= 0.3 is 12.0 Å². The highest BCUT2D eigenvalue weighted by molar-refractivity contribution is 5.91. The van der Waals surface area contributed by atoms with Gasteiger partial charge in [-0.3, -0.25) is 4.79 Å². The average molecular weight is 277 g/mol. The summed E-state index contributed by atoms with van der Waals surface area (Å²) < 4.78 is 5.46. The quantitative estimate of drug-likeness (QED) is 0.775. The van der Waals surface area contributed by atoms with Crippen LogP contribution in [0.4, 0.5) is 10.5 Å². The lowest BCUT2D eigenvalue weighted by Crippen LogP contribution is -2.30. The molecule has 20 heavy (non-hydrogen) atoms. The van der Waals surface area contributed by atoms with Crippen LogP contribution in [0.15, 0.2) is 22.6 Å². The van der Waals surface area contributed by atoms with E-state index in [2.05, 4.69) is 15.6 Å². The summed E-state index contributed by atoms with van der Waals surface area (Å²) in [6.45, 7) is 2.02. The molecular weight excluding hydrogens is 262 g/mol. The second kappa shape index (κ2) is 6.05. The number of aromatic nitrogens is 1. The zero-order chi connectivity index (χ0) is 14.5. The lowest BCUT2D eigenvalue weighted by molar-refractivity contribution is -0.136. The van der Waals surface area contributed by atoms with Crippen molar-refractivity contribution in [2.24, 2.45) is 0 Å². The number of anilines is 1. The van der Waals surface area contributed by atoms with Gasteiger partial charge in [-0.05, 0) is 18.2 Å². The Hall–Kier alpha value is -2.57. The van der Waals surface area contributed by atoms with E-state index in [0.29, 0.717) is 29.1 Å². The predicted octanol–water partition coefficient (Wildman–Crippen LogP) is 1.99. The van der Waals surface area contributed by atoms with Crippen LogP contribution in [0.25, 0.3) is 11.1 Å². The van der Waals surface area contributed by atoms with Crippen molar-refractivity contribution in [3.05, 3.63) is 24.1 Å². The van der Waals surface area contributed by atoms with Gasteiger partial charge in [-0.25, -0.2) is 9.78 Å². The molecular formula is C13H15N3O4. The molecule has 0 aliphatic rings. The molecule has 0 radical (unpaired) electrons. The summed E-state index contributed by atoms with van der Waals surface area (Å²) in [6.07, 6.45) is 0.586. The van der Waals surface area contributed by atoms with Crippen molar-refractivity contribution in [3.8, 4) is 0 Å². The lowest BCUT2D eigenvalue weighted by atomic mass is 10.3. The third kappa shape index (κ3) is 3.47. The summed E-state index contributed by atoms with van der Waals surface area (Å²) in [5.74, 6) is -0.315. The SMILES string of the molecule is CCc1nc2cc(NC(=O)NCCC(=O)O)ccc2o1. The Morgan fingerprint density at radius 1 is 1.40 bits per heavy atom. The number of amides is 2. The van der Waals surface area contributed by atoms with Gasteiger partial charge in [-0.15, -0.1) is 0 Å². The number of rotatable bonds is 5. The van der Waals surface area contributed by atoms with Gasteiger partial charge in [0.05, 0.1) is 6.42 Å². The molecule has 0 saturated carbocycles. The third-order valence-corrected chi connectivity index (χ3v) is 2.62. The van der Waals surface area contributed by atoms with E-state index in [0.717, 1.165) is 0 Å². The fourth-order valence-corrected chi connectivity index (χ4v) is 1.66. The second-order valence-electron chi connectivity index (χ2n) is 4.17. The summed E-state index contributed by atoms with van der Waals surface area (Å²) in [5, 5.41) is 13.5. The van der Waals surface area contributed by atoms with E-state index in [1.165, 1.54) is 0 Å². The Morgan fingerprint density at radius 3 is 2.90 bits per heavy atom. The van der Waals surface area contributed by atoms with Crippen LogP contribution in [0.2, 0.25) is 0 Å². The maximum atomic E-state index is 11.5. The number of aliphatic carboxylic acids is 1. The molecule has 0 atom stereocenters. The highest BCUT2D eigenvalue weighted by Crippen LogP contribution is 2.20. The van der Waals surface area contributed by atoms with Gasteiger partial charge in [0.15, 0.2) is 11.5 Å². The number of aryl methyl sites for hydroxylation is 1. The lowest BCUT2D eigenvalue weighted by Gasteiger charge is -2.06. The smallest absolute Gasteiger partial charge is 0.319 e. The Morgan fingerprint density at radius 2 is 2.20 bits per heavy atom. The molecule has 0 bridgehead atoms. The van der Waals surface area contributed by atoms with Gasteiger partial charge in [0.2, 0.25) is 0 Å². The summed E-state index contributed by atoms with van der Waals surface area (Å²) in [4.78, 5) is 26.1. The van der Waals surface area contributed by atoms with Crippen molar-refractivity contribution in [1.29, 1.82) is 0 Å². The van der Waals surface area contributed by atoms with Crippen molar-refractivity contribution in [1.82, 2.24) is 10.3 Å². The Kier molecular flexibility index (Phi) is 4.19. The Balaban J connectivity index is 1.98. The molecule has 2 rings (SSSR count). The first-order valence-corrected chi connectivity index (χ1v) is 6.24. The van der Waals surface area contributed by atoms with Gasteiger partial charge in [-0.2, -0.15) is 0 Å². The third-order valence-electron chi connectivity index (χ3n) is 2.62. The van der Waals surface area contributed by atoms with Crippen LogP contribution in [-0.2, 0) is 11.2 Å². The molecule has 106 valence electrons. The van der Waals surface area contributed by atoms with Crippen molar-refractivity contribution >= 4 is 28.8 Å². The van der Waals surface area contributed by atoms with Gasteiger partial charge in [0.25, 0.3) is 0 Å². The standard InChI is InChI=1S/C13H15N3O4/c1-2-11-16-9-7-8(3-4-10(9)20-11)15-13(19)14-6-5-12(17)18/h3-4,7H,2,5-6H2,1H3,(H,17,18)(H2,14,15,19). The van der Waals surface area contributed by atoms with Crippen LogP contribution in [0.1, 0.15) is 19.2 Å². The first-order chi connectivity index (χ1) is 9.58. The van der Waals surface area contributed by atoms with E-state index in [9.17, 15) is 9.59 Å². The molecule has 1 aromatic carbocycles. The maximum Gasteiger partial charge on any atom is 0.319 e. The number of fused-ring (bicyclic) bond motifs is 1. The topological polar surface area (TPSA) is 104 Å². The molecule has 3 N–H and O–H groups in total. The number of hydrogen-bond donors (Lipinski definition) is 3. The molecule has 1 heterocycles. The van der Waals surface area contributed by atoms with Crippen LogP contribution in [0.5, 0.6) is 0 Å². The fourth-order valence-electron chi connectivity index (χ4n) is 1.66. The molecule has 2 amide bonds. The minimum atomic E-state index is -0.957. The number of carboxylic acid groups (broad SMARTS) is 1. The average Bonchev–Trinajstić information content (AvgIpc) is 2.80. The van der Waals surface area contributed by atoms with Crippen molar-refractivity contribution in [3.63, 3.8) is 0 Å². The molecule has 0 aliphatic carbocycles. The van der Waals surface area contributed by atoms with E-state index in [1.807, 2.05) is 6.92 Å². The van der Waals surface area contributed by atoms with E-state index >= 15 is 0 Å². The number of carbonyl (C=O) groups excluding carboxylic acids is 1. The summed E-state index contributed by atoms with van der Waals surface area (Å²) >= 11 is 0. The van der Waals surface area contributed by atoms with Gasteiger partial charge in [0, 0.05) is 18.7 Å². The van der Waals surface area contributed by atoms with Crippen LogP contribution in [-0.4, -0.2) is 28.6 Å². The number of hydrogen-bond acceptors (Lipinski definition) is 4. The minimum absolute atomic E-state index is 0.0767. The molecule has 7 nitrogen and oxygen atoms in total. The molecule has 0 fully saturated rings. The van der Waals surface area contributed by atoms with Crippen LogP contribution in [0, 0.1) is 0 Å². The second-order valence-corrected chi connectivity index (χ2v) is 4.17. The number of urea groups is 1. The zero-order valence-electron chi connectivity index (χ0n) is 11.0. The predicted molar refractivity (Wildman–Crippen MR) is 72.7 cm³/mol. The Labute approximate surface area is 115 Å². The molecule has 1 aromatic heterocycles. The van der Waals surface area contributed by atoms with Gasteiger partial charge in [-0.1, -0.05) is 6.92 Å². The van der Waals surface area contributed by atoms with Crippen LogP contribution in [0.3, 0.4) is 0 Å². The number of benzene rings is 1. The maximum absolute atomic E-state index is 11.5. The number of oxazole rings is 1. The highest BCUT2D eigenvalue weighted by atomic mass is 16.4. The van der Waals surface area contributed by atoms with Crippen molar-refractivity contribution in [2.45, 2.75) is 19.8 Å². The van der Waals surface area contributed by atoms with Gasteiger partial charge < -0.3 is 20.2 Å². The number of carbonyl (C=O) groups is 2. The highest BCUT2D eigenvalue weighted by Gasteiger charge is 2.07.